The third-order valence-electron chi connectivity index (χ3n) is 0. The molecular formula is CH5NOPS-. The van der Waals surface area contributed by atoms with Crippen molar-refractivity contribution >= 4 is 18.2 Å². The van der Waals surface area contributed by atoms with Crippen molar-refractivity contribution < 1.29 is 4.89 Å². The molecule has 2 N–H and O–H groups in total. The molecule has 0 saturated heterocycles. The highest BCUT2D eigenvalue weighted by Gasteiger charge is 1.69. The number of hydrogen-bond donors (Lipinski definition) is 1. The second-order valence-electron chi connectivity index (χ2n) is 0.909. The predicted molar refractivity (Wildman–Crippen MR) is 24.4 cm³/mol. The molecule has 1 atom stereocenters. The number of rotatable bonds is 0. The highest BCUT2D eigenvalue weighted by Crippen LogP contribution is 2.14. The van der Waals surface area contributed by atoms with Gasteiger partial charge in [0.2, 0.25) is 0 Å². The zero-order chi connectivity index (χ0) is 4.50. The average Bonchev–Trinajstić information content (AvgIpc) is 0.722. The molecular weight excluding hydrogens is 105 g/mol. The molecule has 2 nitrogen and oxygen atoms in total. The minimum atomic E-state index is -2.56. The molecule has 32 valence electrons. The van der Waals surface area contributed by atoms with E-state index in [1.165, 1.54) is 6.66 Å². The van der Waals surface area contributed by atoms with E-state index in [1.54, 1.807) is 0 Å². The van der Waals surface area contributed by atoms with Crippen LogP contribution in [0.25, 0.3) is 0 Å². The van der Waals surface area contributed by atoms with Gasteiger partial charge in [0.15, 0.2) is 0 Å². The number of nitrogens with two attached hydrogens (primary N) is 1. The molecule has 0 aliphatic carbocycles. The molecule has 0 aromatic heterocycles. The maximum atomic E-state index is 9.81. The second kappa shape index (κ2) is 1.35. The fraction of sp³-hybridized carbons (Fsp3) is 1.00. The van der Waals surface area contributed by atoms with Crippen LogP contribution in [0.5, 0.6) is 0 Å². The van der Waals surface area contributed by atoms with E-state index in [0.717, 1.165) is 0 Å². The molecule has 0 radical (unpaired) electrons. The van der Waals surface area contributed by atoms with Crippen molar-refractivity contribution in [1.29, 1.82) is 0 Å². The molecule has 0 saturated carbocycles. The van der Waals surface area contributed by atoms with Gasteiger partial charge in [-0.1, -0.05) is 18.2 Å². The zero-order valence-electron chi connectivity index (χ0n) is 2.84. The normalized spacial score (nSPS) is 21.4. The van der Waals surface area contributed by atoms with Crippen LogP contribution in [0.4, 0.5) is 0 Å². The van der Waals surface area contributed by atoms with Crippen LogP contribution >= 0.6 is 6.42 Å². The molecule has 0 bridgehead atoms. The molecule has 0 aliphatic heterocycles. The van der Waals surface area contributed by atoms with Gasteiger partial charge in [-0.05, 0) is 6.66 Å². The van der Waals surface area contributed by atoms with Gasteiger partial charge < -0.3 is 10.4 Å². The zero-order valence-corrected chi connectivity index (χ0v) is 4.55. The maximum absolute atomic E-state index is 9.81. The summed E-state index contributed by atoms with van der Waals surface area (Å²) in [6.45, 7) is 1.34. The van der Waals surface area contributed by atoms with Crippen LogP contribution in [-0.2, 0) is 11.8 Å². The Bertz CT molecular complexity index is 57.8. The van der Waals surface area contributed by atoms with E-state index in [0.29, 0.717) is 0 Å². The van der Waals surface area contributed by atoms with Crippen molar-refractivity contribution in [2.75, 3.05) is 6.66 Å². The van der Waals surface area contributed by atoms with Crippen LogP contribution in [0.15, 0.2) is 0 Å². The Hall–Kier alpha value is 0.570. The maximum Gasteiger partial charge on any atom is -0.0363 e. The molecule has 0 rings (SSSR count). The summed E-state index contributed by atoms with van der Waals surface area (Å²) in [4.78, 5) is 9.81. The van der Waals surface area contributed by atoms with E-state index in [9.17, 15) is 4.89 Å². The Kier molecular flexibility index (Phi) is 1.50. The van der Waals surface area contributed by atoms with E-state index in [4.69, 9.17) is 5.50 Å². The fourth-order valence-electron chi connectivity index (χ4n) is 0. The monoisotopic (exact) mass is 110 g/mol. The van der Waals surface area contributed by atoms with Crippen LogP contribution in [0, 0.1) is 0 Å². The molecule has 0 fully saturated rings. The average molecular weight is 110 g/mol. The van der Waals surface area contributed by atoms with E-state index in [-0.39, 0.29) is 0 Å². The van der Waals surface area contributed by atoms with E-state index in [2.05, 4.69) is 11.8 Å². The van der Waals surface area contributed by atoms with Gasteiger partial charge in [-0.25, -0.2) is 0 Å². The van der Waals surface area contributed by atoms with Gasteiger partial charge in [-0.3, -0.25) is 0 Å². The Morgan fingerprint density at radius 3 is 2.00 bits per heavy atom. The fourth-order valence-corrected chi connectivity index (χ4v) is 0. The molecule has 0 heterocycles. The Morgan fingerprint density at radius 2 is 2.00 bits per heavy atom. The van der Waals surface area contributed by atoms with E-state index < -0.39 is 6.42 Å². The van der Waals surface area contributed by atoms with Gasteiger partial charge in [0.25, 0.3) is 0 Å². The van der Waals surface area contributed by atoms with Gasteiger partial charge in [-0.2, -0.15) is 0 Å². The predicted octanol–water partition coefficient (Wildman–Crippen LogP) is -0.755. The highest BCUT2D eigenvalue weighted by molar-refractivity contribution is 8.09. The van der Waals surface area contributed by atoms with Crippen molar-refractivity contribution in [3.8, 4) is 0 Å². The first kappa shape index (κ1) is 5.57. The van der Waals surface area contributed by atoms with E-state index in [1.807, 2.05) is 0 Å². The van der Waals surface area contributed by atoms with Crippen LogP contribution in [0.1, 0.15) is 0 Å². The Balaban J connectivity index is 3.47. The van der Waals surface area contributed by atoms with Gasteiger partial charge in [0.05, 0.1) is 0 Å². The molecule has 0 aliphatic rings. The highest BCUT2D eigenvalue weighted by atomic mass is 32.4. The summed E-state index contributed by atoms with van der Waals surface area (Å²) in [6, 6.07) is 0. The minimum absolute atomic E-state index is 1.34. The van der Waals surface area contributed by atoms with Crippen LogP contribution < -0.4 is 10.4 Å². The third kappa shape index (κ3) is 92.9. The minimum Gasteiger partial charge on any atom is -0.810 e. The molecule has 4 heteroatoms. The van der Waals surface area contributed by atoms with Gasteiger partial charge >= 0.3 is 0 Å². The van der Waals surface area contributed by atoms with Crippen LogP contribution in [-0.4, -0.2) is 6.66 Å². The summed E-state index contributed by atoms with van der Waals surface area (Å²) in [5.41, 5.74) is 4.72. The molecule has 5 heavy (non-hydrogen) atoms. The molecule has 1 unspecified atom stereocenters. The molecule has 0 aromatic carbocycles. The first-order chi connectivity index (χ1) is 2.00. The smallest absolute Gasteiger partial charge is 0.0363 e. The Morgan fingerprint density at radius 1 is 2.00 bits per heavy atom. The Labute approximate surface area is 36.1 Å². The van der Waals surface area contributed by atoms with Crippen molar-refractivity contribution in [2.45, 2.75) is 0 Å². The summed E-state index contributed by atoms with van der Waals surface area (Å²) in [6.07, 6.45) is -2.56. The van der Waals surface area contributed by atoms with Crippen molar-refractivity contribution in [1.82, 2.24) is 0 Å². The lowest BCUT2D eigenvalue weighted by atomic mass is 12.0. The van der Waals surface area contributed by atoms with Gasteiger partial charge in [-0.15, -0.1) is 0 Å². The van der Waals surface area contributed by atoms with Crippen molar-refractivity contribution in [2.24, 2.45) is 5.50 Å². The first-order valence-electron chi connectivity index (χ1n) is 1.07. The van der Waals surface area contributed by atoms with Crippen LogP contribution in [0.2, 0.25) is 0 Å². The van der Waals surface area contributed by atoms with Gasteiger partial charge in [0, 0.05) is 0 Å². The number of hydrogen-bond acceptors (Lipinski definition) is 2. The lowest BCUT2D eigenvalue weighted by molar-refractivity contribution is -0.160. The van der Waals surface area contributed by atoms with Gasteiger partial charge in [0.1, 0.15) is 0 Å². The lowest BCUT2D eigenvalue weighted by Gasteiger charge is -2.12. The quantitative estimate of drug-likeness (QED) is 0.417. The first-order valence-corrected chi connectivity index (χ1v) is 4.31. The summed E-state index contributed by atoms with van der Waals surface area (Å²) in [5, 5.41) is 0. The second-order valence-corrected chi connectivity index (χ2v) is 4.90. The summed E-state index contributed by atoms with van der Waals surface area (Å²) in [7, 11) is 0. The van der Waals surface area contributed by atoms with Crippen molar-refractivity contribution in [3.63, 3.8) is 0 Å². The summed E-state index contributed by atoms with van der Waals surface area (Å²) in [5.74, 6) is 0. The third-order valence-corrected chi connectivity index (χ3v) is 0. The van der Waals surface area contributed by atoms with E-state index >= 15 is 0 Å². The molecule has 0 spiro atoms. The summed E-state index contributed by atoms with van der Waals surface area (Å²) < 4.78 is 0. The SMILES string of the molecule is CP(N)([O-])=S. The molecule has 0 amide bonds. The lowest BCUT2D eigenvalue weighted by Crippen LogP contribution is -2.05. The standard InChI is InChI=1S/CH6NOPS/c1-4(2,3)5/h1H3,(H3,2,3,5)/p-1. The molecule has 0 aromatic rings. The van der Waals surface area contributed by atoms with Crippen LogP contribution in [0.3, 0.4) is 0 Å². The summed E-state index contributed by atoms with van der Waals surface area (Å²) >= 11 is 4.16. The largest absolute Gasteiger partial charge is 0.810 e. The van der Waals surface area contributed by atoms with Crippen molar-refractivity contribution in [3.05, 3.63) is 0 Å². The topological polar surface area (TPSA) is 49.1 Å².